The van der Waals surface area contributed by atoms with E-state index in [2.05, 4.69) is 21.9 Å². The van der Waals surface area contributed by atoms with Crippen molar-refractivity contribution in [3.05, 3.63) is 11.8 Å². The standard InChI is InChI=1S/C12H20N4O/c1-2-15-5-7-16(8-6-15)10-3-4-12(14-17)11(13)9-10/h9,13,17H,2-8H2,1H3. The number of nitrogens with zero attached hydrogens (tertiary/aromatic N) is 3. The summed E-state index contributed by atoms with van der Waals surface area (Å²) in [7, 11) is 0. The number of oxime groups is 1. The number of hydrogen-bond donors (Lipinski definition) is 2. The van der Waals surface area contributed by atoms with E-state index in [4.69, 9.17) is 10.6 Å². The molecular weight excluding hydrogens is 216 g/mol. The molecule has 0 amide bonds. The van der Waals surface area contributed by atoms with Crippen LogP contribution >= 0.6 is 0 Å². The maximum atomic E-state index is 8.72. The van der Waals surface area contributed by atoms with Crippen molar-refractivity contribution >= 4 is 11.4 Å². The molecule has 1 fully saturated rings. The second kappa shape index (κ2) is 5.31. The van der Waals surface area contributed by atoms with E-state index >= 15 is 0 Å². The van der Waals surface area contributed by atoms with Gasteiger partial charge in [-0.05, 0) is 19.0 Å². The van der Waals surface area contributed by atoms with Crippen LogP contribution < -0.4 is 0 Å². The fourth-order valence-corrected chi connectivity index (χ4v) is 2.41. The number of rotatable bonds is 2. The van der Waals surface area contributed by atoms with Gasteiger partial charge in [-0.2, -0.15) is 0 Å². The second-order valence-corrected chi connectivity index (χ2v) is 4.52. The van der Waals surface area contributed by atoms with Crippen LogP contribution in [0.5, 0.6) is 0 Å². The molecule has 1 heterocycles. The molecule has 0 unspecified atom stereocenters. The molecule has 2 rings (SSSR count). The largest absolute Gasteiger partial charge is 0.411 e. The van der Waals surface area contributed by atoms with Crippen LogP contribution in [0.2, 0.25) is 0 Å². The smallest absolute Gasteiger partial charge is 0.105 e. The van der Waals surface area contributed by atoms with Crippen molar-refractivity contribution in [1.82, 2.24) is 9.80 Å². The Hall–Kier alpha value is -1.36. The molecule has 0 spiro atoms. The average Bonchev–Trinajstić information content (AvgIpc) is 2.39. The lowest BCUT2D eigenvalue weighted by Gasteiger charge is -2.37. The molecule has 0 aromatic heterocycles. The van der Waals surface area contributed by atoms with Gasteiger partial charge in [0, 0.05) is 38.3 Å². The van der Waals surface area contributed by atoms with Gasteiger partial charge in [-0.3, -0.25) is 5.41 Å². The fourth-order valence-electron chi connectivity index (χ4n) is 2.41. The number of hydrogen-bond acceptors (Lipinski definition) is 5. The van der Waals surface area contributed by atoms with Crippen molar-refractivity contribution in [3.63, 3.8) is 0 Å². The Kier molecular flexibility index (Phi) is 3.78. The van der Waals surface area contributed by atoms with E-state index in [-0.39, 0.29) is 0 Å². The van der Waals surface area contributed by atoms with Crippen LogP contribution in [0.25, 0.3) is 0 Å². The van der Waals surface area contributed by atoms with E-state index in [0.717, 1.165) is 39.1 Å². The summed E-state index contributed by atoms with van der Waals surface area (Å²) in [4.78, 5) is 4.79. The highest BCUT2D eigenvalue weighted by Crippen LogP contribution is 2.19. The molecule has 0 aromatic rings. The molecule has 17 heavy (non-hydrogen) atoms. The molecule has 1 aliphatic carbocycles. The molecule has 0 aromatic carbocycles. The summed E-state index contributed by atoms with van der Waals surface area (Å²) in [5.74, 6) is 0. The Labute approximate surface area is 102 Å². The lowest BCUT2D eigenvalue weighted by molar-refractivity contribution is 0.162. The predicted molar refractivity (Wildman–Crippen MR) is 68.0 cm³/mol. The molecular formula is C12H20N4O. The third kappa shape index (κ3) is 2.66. The van der Waals surface area contributed by atoms with Crippen molar-refractivity contribution in [3.8, 4) is 0 Å². The normalized spacial score (nSPS) is 25.2. The number of nitrogens with one attached hydrogen (secondary N) is 1. The molecule has 0 radical (unpaired) electrons. The Morgan fingerprint density at radius 1 is 1.29 bits per heavy atom. The van der Waals surface area contributed by atoms with Gasteiger partial charge in [-0.1, -0.05) is 12.1 Å². The number of likely N-dealkylation sites (N-methyl/N-ethyl adjacent to an activating group) is 1. The fraction of sp³-hybridized carbons (Fsp3) is 0.667. The number of piperazine rings is 1. The SMILES string of the molecule is CCN1CCN(C2=CC(=N)C(=NO)CC2)CC1. The third-order valence-corrected chi connectivity index (χ3v) is 3.59. The van der Waals surface area contributed by atoms with E-state index in [9.17, 15) is 0 Å². The van der Waals surface area contributed by atoms with Crippen LogP contribution in [0.3, 0.4) is 0 Å². The Morgan fingerprint density at radius 2 is 2.00 bits per heavy atom. The summed E-state index contributed by atoms with van der Waals surface area (Å²) in [5, 5.41) is 19.6. The third-order valence-electron chi connectivity index (χ3n) is 3.59. The summed E-state index contributed by atoms with van der Waals surface area (Å²) < 4.78 is 0. The summed E-state index contributed by atoms with van der Waals surface area (Å²) in [5.41, 5.74) is 2.07. The van der Waals surface area contributed by atoms with Gasteiger partial charge in [0.2, 0.25) is 0 Å². The van der Waals surface area contributed by atoms with Gasteiger partial charge in [-0.25, -0.2) is 0 Å². The van der Waals surface area contributed by atoms with E-state index in [0.29, 0.717) is 17.8 Å². The highest BCUT2D eigenvalue weighted by Gasteiger charge is 2.22. The van der Waals surface area contributed by atoms with Gasteiger partial charge in [0.05, 0.1) is 5.71 Å². The first-order chi connectivity index (χ1) is 8.24. The van der Waals surface area contributed by atoms with Crippen molar-refractivity contribution < 1.29 is 5.21 Å². The molecule has 1 aliphatic heterocycles. The Morgan fingerprint density at radius 3 is 2.53 bits per heavy atom. The second-order valence-electron chi connectivity index (χ2n) is 4.52. The number of allylic oxidation sites excluding steroid dienone is 2. The van der Waals surface area contributed by atoms with Crippen molar-refractivity contribution in [2.75, 3.05) is 32.7 Å². The van der Waals surface area contributed by atoms with Crippen LogP contribution in [0, 0.1) is 5.41 Å². The van der Waals surface area contributed by atoms with Crippen LogP contribution in [-0.4, -0.2) is 59.2 Å². The summed E-state index contributed by atoms with van der Waals surface area (Å²) in [6.07, 6.45) is 3.41. The lowest BCUT2D eigenvalue weighted by Crippen LogP contribution is -2.46. The summed E-state index contributed by atoms with van der Waals surface area (Å²) in [6.45, 7) is 7.58. The maximum Gasteiger partial charge on any atom is 0.105 e. The summed E-state index contributed by atoms with van der Waals surface area (Å²) in [6, 6.07) is 0. The molecule has 5 nitrogen and oxygen atoms in total. The van der Waals surface area contributed by atoms with E-state index in [1.165, 1.54) is 5.70 Å². The molecule has 0 bridgehead atoms. The van der Waals surface area contributed by atoms with Crippen molar-refractivity contribution in [2.45, 2.75) is 19.8 Å². The van der Waals surface area contributed by atoms with Crippen molar-refractivity contribution in [2.24, 2.45) is 5.16 Å². The molecule has 0 saturated carbocycles. The van der Waals surface area contributed by atoms with Crippen LogP contribution in [-0.2, 0) is 0 Å². The van der Waals surface area contributed by atoms with E-state index < -0.39 is 0 Å². The zero-order chi connectivity index (χ0) is 12.3. The minimum atomic E-state index is 0.353. The van der Waals surface area contributed by atoms with E-state index in [1.807, 2.05) is 6.08 Å². The lowest BCUT2D eigenvalue weighted by atomic mass is 9.99. The predicted octanol–water partition coefficient (Wildman–Crippen LogP) is 1.15. The molecule has 0 atom stereocenters. The van der Waals surface area contributed by atoms with Gasteiger partial charge in [0.1, 0.15) is 5.71 Å². The van der Waals surface area contributed by atoms with E-state index in [1.54, 1.807) is 0 Å². The highest BCUT2D eigenvalue weighted by atomic mass is 16.4. The van der Waals surface area contributed by atoms with Crippen LogP contribution in [0.15, 0.2) is 16.9 Å². The van der Waals surface area contributed by atoms with Crippen LogP contribution in [0.1, 0.15) is 19.8 Å². The van der Waals surface area contributed by atoms with Gasteiger partial charge < -0.3 is 15.0 Å². The first kappa shape index (κ1) is 12.1. The van der Waals surface area contributed by atoms with Gasteiger partial charge >= 0.3 is 0 Å². The minimum absolute atomic E-state index is 0.353. The minimum Gasteiger partial charge on any atom is -0.411 e. The zero-order valence-corrected chi connectivity index (χ0v) is 10.3. The molecule has 94 valence electrons. The molecule has 5 heteroatoms. The highest BCUT2D eigenvalue weighted by molar-refractivity contribution is 6.45. The summed E-state index contributed by atoms with van der Waals surface area (Å²) >= 11 is 0. The van der Waals surface area contributed by atoms with Gasteiger partial charge in [0.25, 0.3) is 0 Å². The van der Waals surface area contributed by atoms with Gasteiger partial charge in [0.15, 0.2) is 0 Å². The van der Waals surface area contributed by atoms with Crippen molar-refractivity contribution in [1.29, 1.82) is 5.41 Å². The average molecular weight is 236 g/mol. The maximum absolute atomic E-state index is 8.72. The first-order valence-corrected chi connectivity index (χ1v) is 6.22. The van der Waals surface area contributed by atoms with Gasteiger partial charge in [-0.15, -0.1) is 0 Å². The molecule has 2 N–H and O–H groups in total. The topological polar surface area (TPSA) is 62.9 Å². The molecule has 1 saturated heterocycles. The monoisotopic (exact) mass is 236 g/mol. The quantitative estimate of drug-likeness (QED) is 0.558. The van der Waals surface area contributed by atoms with Crippen LogP contribution in [0.4, 0.5) is 0 Å². The zero-order valence-electron chi connectivity index (χ0n) is 10.3. The first-order valence-electron chi connectivity index (χ1n) is 6.22. The molecule has 2 aliphatic rings. The Balaban J connectivity index is 1.98. The Bertz CT molecular complexity index is 354.